The highest BCUT2D eigenvalue weighted by Gasteiger charge is 2.44. The highest BCUT2D eigenvalue weighted by molar-refractivity contribution is 5.21. The fourth-order valence-electron chi connectivity index (χ4n) is 3.60. The number of allylic oxidation sites excluding steroid dienone is 2. The minimum atomic E-state index is -0.526. The second-order valence-corrected chi connectivity index (χ2v) is 6.73. The second-order valence-electron chi connectivity index (χ2n) is 6.73. The van der Waals surface area contributed by atoms with E-state index in [9.17, 15) is 5.11 Å². The summed E-state index contributed by atoms with van der Waals surface area (Å²) in [6.07, 6.45) is 8.67. The van der Waals surface area contributed by atoms with Crippen LogP contribution in [0, 0.1) is 17.3 Å². The van der Waals surface area contributed by atoms with Gasteiger partial charge in [0.15, 0.2) is 0 Å². The first-order valence-electron chi connectivity index (χ1n) is 6.76. The van der Waals surface area contributed by atoms with Crippen LogP contribution in [0.5, 0.6) is 0 Å². The van der Waals surface area contributed by atoms with Gasteiger partial charge in [-0.2, -0.15) is 0 Å². The predicted molar refractivity (Wildman–Crippen MR) is 68.2 cm³/mol. The largest absolute Gasteiger partial charge is 0.390 e. The van der Waals surface area contributed by atoms with Crippen molar-refractivity contribution in [2.75, 3.05) is 0 Å². The number of fused-ring (bicyclic) bond motifs is 1. The van der Waals surface area contributed by atoms with Gasteiger partial charge in [0.2, 0.25) is 0 Å². The Morgan fingerprint density at radius 2 is 2.12 bits per heavy atom. The number of aliphatic hydroxyl groups is 1. The molecule has 0 aromatic carbocycles. The van der Waals surface area contributed by atoms with Crippen LogP contribution in [0.25, 0.3) is 0 Å². The Hall–Kier alpha value is -0.300. The zero-order valence-corrected chi connectivity index (χ0v) is 11.2. The molecule has 0 aliphatic heterocycles. The fourth-order valence-corrected chi connectivity index (χ4v) is 3.60. The van der Waals surface area contributed by atoms with E-state index in [1.165, 1.54) is 25.7 Å². The summed E-state index contributed by atoms with van der Waals surface area (Å²) in [4.78, 5) is 0. The second kappa shape index (κ2) is 3.87. The lowest BCUT2D eigenvalue weighted by Crippen LogP contribution is -2.42. The summed E-state index contributed by atoms with van der Waals surface area (Å²) in [6, 6.07) is 0. The van der Waals surface area contributed by atoms with E-state index in [4.69, 9.17) is 0 Å². The molecule has 3 atom stereocenters. The molecular formula is C15H26O. The average Bonchev–Trinajstić information content (AvgIpc) is 2.17. The molecule has 1 heteroatoms. The fraction of sp³-hybridized carbons (Fsp3) is 0.867. The van der Waals surface area contributed by atoms with Crippen LogP contribution in [0.4, 0.5) is 0 Å². The molecule has 1 nitrogen and oxygen atoms in total. The maximum Gasteiger partial charge on any atom is 0.0623 e. The van der Waals surface area contributed by atoms with Gasteiger partial charge >= 0.3 is 0 Å². The summed E-state index contributed by atoms with van der Waals surface area (Å²) in [6.45, 7) is 8.74. The van der Waals surface area contributed by atoms with Crippen molar-refractivity contribution in [1.82, 2.24) is 0 Å². The molecule has 0 unspecified atom stereocenters. The highest BCUT2D eigenvalue weighted by Crippen LogP contribution is 2.53. The minimum absolute atomic E-state index is 0.362. The zero-order chi connectivity index (χ0) is 12.0. The smallest absolute Gasteiger partial charge is 0.0623 e. The van der Waals surface area contributed by atoms with Gasteiger partial charge < -0.3 is 5.11 Å². The molecule has 0 spiro atoms. The molecule has 2 rings (SSSR count). The topological polar surface area (TPSA) is 20.2 Å². The van der Waals surface area contributed by atoms with E-state index in [-0.39, 0.29) is 0 Å². The van der Waals surface area contributed by atoms with Gasteiger partial charge in [0.1, 0.15) is 0 Å². The maximum absolute atomic E-state index is 10.2. The predicted octanol–water partition coefficient (Wildman–Crippen LogP) is 3.92. The van der Waals surface area contributed by atoms with Crippen molar-refractivity contribution in [3.05, 3.63) is 11.6 Å². The van der Waals surface area contributed by atoms with Crippen LogP contribution in [0.3, 0.4) is 0 Å². The van der Waals surface area contributed by atoms with E-state index in [1.807, 2.05) is 13.8 Å². The summed E-state index contributed by atoms with van der Waals surface area (Å²) < 4.78 is 0. The lowest BCUT2D eigenvalue weighted by atomic mass is 9.57. The zero-order valence-electron chi connectivity index (χ0n) is 11.2. The van der Waals surface area contributed by atoms with Crippen molar-refractivity contribution >= 4 is 0 Å². The molecule has 2 aliphatic rings. The van der Waals surface area contributed by atoms with Crippen LogP contribution in [0.15, 0.2) is 11.6 Å². The molecule has 0 radical (unpaired) electrons. The van der Waals surface area contributed by atoms with Gasteiger partial charge in [-0.25, -0.2) is 0 Å². The van der Waals surface area contributed by atoms with Crippen LogP contribution < -0.4 is 0 Å². The van der Waals surface area contributed by atoms with E-state index in [1.54, 1.807) is 5.57 Å². The Morgan fingerprint density at radius 3 is 2.75 bits per heavy atom. The number of rotatable bonds is 1. The molecule has 16 heavy (non-hydrogen) atoms. The highest BCUT2D eigenvalue weighted by atomic mass is 16.3. The first kappa shape index (κ1) is 12.2. The molecular weight excluding hydrogens is 196 g/mol. The standard InChI is InChI=1S/C15H26O/c1-11-6-5-7-12-8-9-13(14(2,3)16)10-15(11,12)4/h8,11,13,16H,5-7,9-10H2,1-4H3/t11-,13-,15-/m1/s1. The summed E-state index contributed by atoms with van der Waals surface area (Å²) >= 11 is 0. The maximum atomic E-state index is 10.2. The van der Waals surface area contributed by atoms with Crippen LogP contribution in [0.1, 0.15) is 59.8 Å². The van der Waals surface area contributed by atoms with Gasteiger partial charge in [-0.1, -0.05) is 25.5 Å². The van der Waals surface area contributed by atoms with Crippen molar-refractivity contribution in [2.24, 2.45) is 17.3 Å². The molecule has 0 saturated heterocycles. The van der Waals surface area contributed by atoms with Gasteiger partial charge in [0, 0.05) is 0 Å². The molecule has 1 saturated carbocycles. The molecule has 2 aliphatic carbocycles. The first-order valence-corrected chi connectivity index (χ1v) is 6.76. The molecule has 0 aromatic heterocycles. The third kappa shape index (κ3) is 1.95. The molecule has 0 heterocycles. The minimum Gasteiger partial charge on any atom is -0.390 e. The summed E-state index contributed by atoms with van der Waals surface area (Å²) in [7, 11) is 0. The Bertz CT molecular complexity index is 297. The van der Waals surface area contributed by atoms with E-state index >= 15 is 0 Å². The van der Waals surface area contributed by atoms with Gasteiger partial charge in [-0.3, -0.25) is 0 Å². The summed E-state index contributed by atoms with van der Waals surface area (Å²) in [5.74, 6) is 1.21. The number of hydrogen-bond donors (Lipinski definition) is 1. The van der Waals surface area contributed by atoms with Crippen LogP contribution in [-0.4, -0.2) is 10.7 Å². The Morgan fingerprint density at radius 1 is 1.44 bits per heavy atom. The van der Waals surface area contributed by atoms with Gasteiger partial charge in [0.05, 0.1) is 5.60 Å². The van der Waals surface area contributed by atoms with Crippen LogP contribution in [0.2, 0.25) is 0 Å². The molecule has 0 amide bonds. The molecule has 1 fully saturated rings. The van der Waals surface area contributed by atoms with Crippen molar-refractivity contribution in [3.63, 3.8) is 0 Å². The van der Waals surface area contributed by atoms with E-state index in [0.717, 1.165) is 12.3 Å². The molecule has 1 N–H and O–H groups in total. The lowest BCUT2D eigenvalue weighted by molar-refractivity contribution is -0.0154. The Balaban J connectivity index is 2.25. The molecule has 92 valence electrons. The van der Waals surface area contributed by atoms with E-state index in [0.29, 0.717) is 11.3 Å². The van der Waals surface area contributed by atoms with E-state index in [2.05, 4.69) is 19.9 Å². The van der Waals surface area contributed by atoms with E-state index < -0.39 is 5.60 Å². The van der Waals surface area contributed by atoms with Crippen LogP contribution in [-0.2, 0) is 0 Å². The van der Waals surface area contributed by atoms with Gasteiger partial charge in [0.25, 0.3) is 0 Å². The van der Waals surface area contributed by atoms with Crippen molar-refractivity contribution < 1.29 is 5.11 Å². The molecule has 0 aromatic rings. The third-order valence-electron chi connectivity index (χ3n) is 5.22. The monoisotopic (exact) mass is 222 g/mol. The van der Waals surface area contributed by atoms with Gasteiger partial charge in [-0.15, -0.1) is 0 Å². The normalized spacial score (nSPS) is 40.2. The lowest BCUT2D eigenvalue weighted by Gasteiger charge is -2.49. The third-order valence-corrected chi connectivity index (χ3v) is 5.22. The summed E-state index contributed by atoms with van der Waals surface area (Å²) in [5, 5.41) is 10.2. The number of hydrogen-bond acceptors (Lipinski definition) is 1. The van der Waals surface area contributed by atoms with Crippen molar-refractivity contribution in [2.45, 2.75) is 65.4 Å². The first-order chi connectivity index (χ1) is 7.34. The Labute approximate surface area is 99.9 Å². The Kier molecular flexibility index (Phi) is 2.94. The van der Waals surface area contributed by atoms with Crippen molar-refractivity contribution in [1.29, 1.82) is 0 Å². The van der Waals surface area contributed by atoms with Crippen molar-refractivity contribution in [3.8, 4) is 0 Å². The van der Waals surface area contributed by atoms with Crippen LogP contribution >= 0.6 is 0 Å². The summed E-state index contributed by atoms with van der Waals surface area (Å²) in [5.41, 5.74) is 1.51. The van der Waals surface area contributed by atoms with Gasteiger partial charge in [-0.05, 0) is 63.2 Å². The SMILES string of the molecule is C[C@@H]1CCCC2=CC[C@@H](C(C)(C)O)C[C@@]21C. The molecule has 0 bridgehead atoms. The average molecular weight is 222 g/mol. The quantitative estimate of drug-likeness (QED) is 0.667.